The highest BCUT2D eigenvalue weighted by atomic mass is 16.1. The summed E-state index contributed by atoms with van der Waals surface area (Å²) in [6.45, 7) is 0. The summed E-state index contributed by atoms with van der Waals surface area (Å²) in [5.74, 6) is 0. The van der Waals surface area contributed by atoms with Gasteiger partial charge >= 0.3 is 5.69 Å². The van der Waals surface area contributed by atoms with Crippen LogP contribution in [-0.4, -0.2) is 18.9 Å². The lowest BCUT2D eigenvalue weighted by Gasteiger charge is -2.05. The first-order valence-electron chi connectivity index (χ1n) is 7.42. The third-order valence-corrected chi connectivity index (χ3v) is 4.08. The molecule has 4 rings (SSSR count). The Kier molecular flexibility index (Phi) is 2.94. The monoisotopic (exact) mass is 304 g/mol. The fourth-order valence-corrected chi connectivity index (χ4v) is 2.92. The van der Waals surface area contributed by atoms with Crippen LogP contribution < -0.4 is 5.69 Å². The molecule has 2 aromatic heterocycles. The molecule has 114 valence electrons. The topological polar surface area (TPSA) is 44.8 Å². The second kappa shape index (κ2) is 4.98. The van der Waals surface area contributed by atoms with Gasteiger partial charge in [0, 0.05) is 25.9 Å². The molecule has 2 heterocycles. The molecule has 2 aromatic carbocycles. The number of imidazole rings is 1. The first kappa shape index (κ1) is 13.6. The summed E-state index contributed by atoms with van der Waals surface area (Å²) in [7, 11) is 3.69. The molecule has 0 bridgehead atoms. The Morgan fingerprint density at radius 3 is 2.43 bits per heavy atom. The zero-order chi connectivity index (χ0) is 16.0. The molecular formula is C18H16N4O. The van der Waals surface area contributed by atoms with Crippen molar-refractivity contribution in [2.45, 2.75) is 0 Å². The van der Waals surface area contributed by atoms with E-state index in [2.05, 4.69) is 5.10 Å². The predicted octanol–water partition coefficient (Wildman–Crippen LogP) is 2.73. The molecular weight excluding hydrogens is 288 g/mol. The smallest absolute Gasteiger partial charge is 0.295 e. The van der Waals surface area contributed by atoms with Crippen LogP contribution in [0.2, 0.25) is 0 Å². The molecule has 0 amide bonds. The maximum absolute atomic E-state index is 12.6. The molecule has 0 spiro atoms. The van der Waals surface area contributed by atoms with Gasteiger partial charge in [-0.1, -0.05) is 24.3 Å². The highest BCUT2D eigenvalue weighted by molar-refractivity contribution is 5.78. The molecule has 0 radical (unpaired) electrons. The average molecular weight is 304 g/mol. The molecule has 0 aliphatic heterocycles. The molecule has 0 aliphatic carbocycles. The van der Waals surface area contributed by atoms with Crippen LogP contribution in [-0.2, 0) is 14.1 Å². The van der Waals surface area contributed by atoms with E-state index in [1.54, 1.807) is 20.9 Å². The van der Waals surface area contributed by atoms with E-state index in [4.69, 9.17) is 0 Å². The summed E-state index contributed by atoms with van der Waals surface area (Å²) in [6, 6.07) is 17.7. The molecule has 0 N–H and O–H groups in total. The van der Waals surface area contributed by atoms with E-state index < -0.39 is 0 Å². The zero-order valence-corrected chi connectivity index (χ0v) is 13.0. The van der Waals surface area contributed by atoms with E-state index in [9.17, 15) is 4.79 Å². The lowest BCUT2D eigenvalue weighted by Crippen LogP contribution is -2.20. The van der Waals surface area contributed by atoms with E-state index in [0.717, 1.165) is 28.0 Å². The summed E-state index contributed by atoms with van der Waals surface area (Å²) < 4.78 is 5.18. The van der Waals surface area contributed by atoms with Gasteiger partial charge in [-0.05, 0) is 30.3 Å². The molecule has 0 saturated carbocycles. The Balaban J connectivity index is 1.96. The van der Waals surface area contributed by atoms with Gasteiger partial charge in [0.25, 0.3) is 0 Å². The van der Waals surface area contributed by atoms with Crippen LogP contribution >= 0.6 is 0 Å². The van der Waals surface area contributed by atoms with E-state index in [1.165, 1.54) is 0 Å². The van der Waals surface area contributed by atoms with Crippen LogP contribution in [0, 0.1) is 0 Å². The van der Waals surface area contributed by atoms with Gasteiger partial charge in [-0.25, -0.2) is 4.79 Å². The molecule has 4 aromatic rings. The number of para-hydroxylation sites is 2. The van der Waals surface area contributed by atoms with Crippen molar-refractivity contribution in [3.8, 4) is 16.9 Å². The molecule has 0 fully saturated rings. The van der Waals surface area contributed by atoms with Crippen LogP contribution in [0.25, 0.3) is 28.0 Å². The van der Waals surface area contributed by atoms with Crippen LogP contribution in [0.15, 0.2) is 65.6 Å². The van der Waals surface area contributed by atoms with Gasteiger partial charge < -0.3 is 0 Å². The van der Waals surface area contributed by atoms with Crippen LogP contribution in [0.4, 0.5) is 0 Å². The van der Waals surface area contributed by atoms with E-state index in [0.29, 0.717) is 0 Å². The predicted molar refractivity (Wildman–Crippen MR) is 90.7 cm³/mol. The molecule has 23 heavy (non-hydrogen) atoms. The lowest BCUT2D eigenvalue weighted by atomic mass is 10.1. The Morgan fingerprint density at radius 1 is 0.913 bits per heavy atom. The summed E-state index contributed by atoms with van der Waals surface area (Å²) in [5, 5.41) is 4.43. The number of aromatic nitrogens is 4. The van der Waals surface area contributed by atoms with Crippen molar-refractivity contribution in [3.63, 3.8) is 0 Å². The van der Waals surface area contributed by atoms with Crippen LogP contribution in [0.5, 0.6) is 0 Å². The van der Waals surface area contributed by atoms with Gasteiger partial charge in [-0.2, -0.15) is 5.10 Å². The van der Waals surface area contributed by atoms with Crippen molar-refractivity contribution in [2.75, 3.05) is 0 Å². The van der Waals surface area contributed by atoms with Crippen molar-refractivity contribution in [3.05, 3.63) is 71.3 Å². The van der Waals surface area contributed by atoms with Gasteiger partial charge in [-0.3, -0.25) is 13.8 Å². The third kappa shape index (κ3) is 2.09. The fraction of sp³-hybridized carbons (Fsp3) is 0.111. The molecule has 0 unspecified atom stereocenters. The molecule has 5 nitrogen and oxygen atoms in total. The van der Waals surface area contributed by atoms with Gasteiger partial charge in [0.2, 0.25) is 0 Å². The quantitative estimate of drug-likeness (QED) is 0.571. The molecule has 0 saturated heterocycles. The largest absolute Gasteiger partial charge is 0.333 e. The molecule has 0 aliphatic rings. The fourth-order valence-electron chi connectivity index (χ4n) is 2.92. The van der Waals surface area contributed by atoms with Crippen LogP contribution in [0.3, 0.4) is 0 Å². The van der Waals surface area contributed by atoms with Gasteiger partial charge in [0.05, 0.1) is 22.4 Å². The highest BCUT2D eigenvalue weighted by Gasteiger charge is 2.12. The Bertz CT molecular complexity index is 1070. The first-order chi connectivity index (χ1) is 11.1. The summed E-state index contributed by atoms with van der Waals surface area (Å²) in [4.78, 5) is 12.6. The minimum atomic E-state index is -0.0515. The number of hydrogen-bond donors (Lipinski definition) is 0. The van der Waals surface area contributed by atoms with Crippen molar-refractivity contribution >= 4 is 11.0 Å². The average Bonchev–Trinajstić information content (AvgIpc) is 3.11. The first-order valence-corrected chi connectivity index (χ1v) is 7.42. The number of benzene rings is 2. The van der Waals surface area contributed by atoms with Crippen molar-refractivity contribution in [1.82, 2.24) is 18.9 Å². The normalized spacial score (nSPS) is 11.2. The number of hydrogen-bond acceptors (Lipinski definition) is 2. The maximum atomic E-state index is 12.6. The van der Waals surface area contributed by atoms with Crippen LogP contribution in [0.1, 0.15) is 0 Å². The summed E-state index contributed by atoms with van der Waals surface area (Å²) in [5.41, 5.74) is 4.49. The highest BCUT2D eigenvalue weighted by Crippen LogP contribution is 2.22. The van der Waals surface area contributed by atoms with E-state index >= 15 is 0 Å². The Hall–Kier alpha value is -3.08. The molecule has 0 atom stereocenters. The number of rotatable bonds is 2. The minimum absolute atomic E-state index is 0.0515. The number of nitrogens with zero attached hydrogens (tertiary/aromatic N) is 4. The van der Waals surface area contributed by atoms with Crippen molar-refractivity contribution < 1.29 is 0 Å². The summed E-state index contributed by atoms with van der Waals surface area (Å²) >= 11 is 0. The maximum Gasteiger partial charge on any atom is 0.333 e. The van der Waals surface area contributed by atoms with Crippen molar-refractivity contribution in [2.24, 2.45) is 14.1 Å². The van der Waals surface area contributed by atoms with E-state index in [-0.39, 0.29) is 5.69 Å². The number of aryl methyl sites for hydroxylation is 2. The Labute approximate surface area is 133 Å². The third-order valence-electron chi connectivity index (χ3n) is 4.08. The minimum Gasteiger partial charge on any atom is -0.295 e. The number of fused-ring (bicyclic) bond motifs is 1. The van der Waals surface area contributed by atoms with Crippen molar-refractivity contribution in [1.29, 1.82) is 0 Å². The zero-order valence-electron chi connectivity index (χ0n) is 13.0. The summed E-state index contributed by atoms with van der Waals surface area (Å²) in [6.07, 6.45) is 1.91. The lowest BCUT2D eigenvalue weighted by molar-refractivity contribution is 0.771. The van der Waals surface area contributed by atoms with Gasteiger partial charge in [0.15, 0.2) is 0 Å². The van der Waals surface area contributed by atoms with Gasteiger partial charge in [0.1, 0.15) is 0 Å². The SMILES string of the molecule is Cn1ccc(-c2cccc(-n3c(=O)n(C)c4ccccc43)c2)n1. The van der Waals surface area contributed by atoms with Gasteiger partial charge in [-0.15, -0.1) is 0 Å². The second-order valence-electron chi connectivity index (χ2n) is 5.59. The second-order valence-corrected chi connectivity index (χ2v) is 5.59. The Morgan fingerprint density at radius 2 is 1.70 bits per heavy atom. The standard InChI is InChI=1S/C18H16N4O/c1-20-11-10-15(19-20)13-6-5-7-14(12-13)22-17-9-4-3-8-16(17)21(2)18(22)23/h3-12H,1-2H3. The molecule has 5 heteroatoms. The van der Waals surface area contributed by atoms with E-state index in [1.807, 2.05) is 67.8 Å².